The van der Waals surface area contributed by atoms with Crippen LogP contribution >= 0.6 is 11.8 Å². The van der Waals surface area contributed by atoms with E-state index in [1.54, 1.807) is 11.8 Å². The first-order valence-electron chi connectivity index (χ1n) is 4.74. The Balaban J connectivity index is 2.75. The van der Waals surface area contributed by atoms with Crippen LogP contribution < -0.4 is 0 Å². The van der Waals surface area contributed by atoms with E-state index in [0.717, 1.165) is 5.65 Å². The van der Waals surface area contributed by atoms with Crippen LogP contribution in [-0.4, -0.2) is 15.6 Å². The number of rotatable bonds is 2. The molecule has 0 fully saturated rings. The van der Waals surface area contributed by atoms with Gasteiger partial charge in [0.05, 0.1) is 5.03 Å². The second-order valence-electron chi connectivity index (χ2n) is 3.59. The molecule has 74 valence electrons. The third-order valence-electron chi connectivity index (χ3n) is 2.34. The molecular formula is C11H14N2S. The maximum Gasteiger partial charge on any atom is 0.137 e. The Kier molecular flexibility index (Phi) is 2.50. The van der Waals surface area contributed by atoms with Crippen molar-refractivity contribution in [3.63, 3.8) is 0 Å². The number of nitrogens with zero attached hydrogens (tertiary/aromatic N) is 2. The number of aromatic nitrogens is 2. The fraction of sp³-hybridized carbons (Fsp3) is 0.364. The van der Waals surface area contributed by atoms with Gasteiger partial charge in [0, 0.05) is 11.9 Å². The normalized spacial score (nSPS) is 11.4. The van der Waals surface area contributed by atoms with E-state index in [-0.39, 0.29) is 0 Å². The Morgan fingerprint density at radius 2 is 2.07 bits per heavy atom. The fourth-order valence-electron chi connectivity index (χ4n) is 1.64. The van der Waals surface area contributed by atoms with Crippen molar-refractivity contribution in [3.8, 4) is 0 Å². The van der Waals surface area contributed by atoms with Crippen molar-refractivity contribution in [2.75, 3.05) is 6.26 Å². The van der Waals surface area contributed by atoms with Crippen molar-refractivity contribution in [2.24, 2.45) is 0 Å². The molecule has 0 aliphatic rings. The molecule has 0 N–H and O–H groups in total. The van der Waals surface area contributed by atoms with Gasteiger partial charge in [-0.05, 0) is 30.4 Å². The van der Waals surface area contributed by atoms with Crippen LogP contribution in [0.5, 0.6) is 0 Å². The minimum atomic E-state index is 0.527. The molecule has 0 spiro atoms. The van der Waals surface area contributed by atoms with Crippen molar-refractivity contribution in [1.82, 2.24) is 9.38 Å². The highest BCUT2D eigenvalue weighted by Crippen LogP contribution is 2.23. The highest BCUT2D eigenvalue weighted by molar-refractivity contribution is 7.98. The van der Waals surface area contributed by atoms with E-state index in [1.807, 2.05) is 6.20 Å². The van der Waals surface area contributed by atoms with Gasteiger partial charge >= 0.3 is 0 Å². The molecule has 0 saturated heterocycles. The van der Waals surface area contributed by atoms with Gasteiger partial charge in [-0.2, -0.15) is 0 Å². The molecule has 14 heavy (non-hydrogen) atoms. The molecule has 0 saturated carbocycles. The van der Waals surface area contributed by atoms with Crippen molar-refractivity contribution >= 4 is 17.4 Å². The van der Waals surface area contributed by atoms with Crippen LogP contribution in [0.2, 0.25) is 0 Å². The standard InChI is InChI=1S/C11H14N2S/c1-8(2)9-6-7-12-10-4-5-11(14-3)13(9)10/h4-8H,1-3H3. The van der Waals surface area contributed by atoms with Gasteiger partial charge in [0.2, 0.25) is 0 Å². The van der Waals surface area contributed by atoms with Crippen LogP contribution in [0.3, 0.4) is 0 Å². The lowest BCUT2D eigenvalue weighted by molar-refractivity contribution is 0.772. The molecule has 3 heteroatoms. The first-order valence-corrected chi connectivity index (χ1v) is 5.97. The van der Waals surface area contributed by atoms with Gasteiger partial charge in [-0.25, -0.2) is 4.98 Å². The summed E-state index contributed by atoms with van der Waals surface area (Å²) in [5.41, 5.74) is 2.37. The van der Waals surface area contributed by atoms with E-state index in [1.165, 1.54) is 10.7 Å². The molecule has 2 aromatic heterocycles. The van der Waals surface area contributed by atoms with Crippen molar-refractivity contribution in [3.05, 3.63) is 30.1 Å². The van der Waals surface area contributed by atoms with E-state index in [9.17, 15) is 0 Å². The highest BCUT2D eigenvalue weighted by Gasteiger charge is 2.08. The van der Waals surface area contributed by atoms with Crippen LogP contribution in [0, 0.1) is 0 Å². The zero-order valence-electron chi connectivity index (χ0n) is 8.69. The Bertz CT molecular complexity index is 445. The highest BCUT2D eigenvalue weighted by atomic mass is 32.2. The zero-order chi connectivity index (χ0) is 10.1. The van der Waals surface area contributed by atoms with E-state index in [2.05, 4.69) is 47.7 Å². The van der Waals surface area contributed by atoms with Gasteiger partial charge in [-0.1, -0.05) is 13.8 Å². The van der Waals surface area contributed by atoms with E-state index in [4.69, 9.17) is 0 Å². The maximum atomic E-state index is 4.34. The summed E-state index contributed by atoms with van der Waals surface area (Å²) >= 11 is 1.76. The Hall–Kier alpha value is -0.960. The average Bonchev–Trinajstić information content (AvgIpc) is 2.59. The van der Waals surface area contributed by atoms with Gasteiger partial charge in [0.1, 0.15) is 5.65 Å². The lowest BCUT2D eigenvalue weighted by atomic mass is 10.1. The number of hydrogen-bond acceptors (Lipinski definition) is 2. The van der Waals surface area contributed by atoms with Gasteiger partial charge < -0.3 is 0 Å². The van der Waals surface area contributed by atoms with Crippen molar-refractivity contribution in [2.45, 2.75) is 24.8 Å². The number of hydrogen-bond donors (Lipinski definition) is 0. The van der Waals surface area contributed by atoms with Gasteiger partial charge in [-0.15, -0.1) is 11.8 Å². The predicted octanol–water partition coefficient (Wildman–Crippen LogP) is 3.18. The average molecular weight is 206 g/mol. The summed E-state index contributed by atoms with van der Waals surface area (Å²) in [5, 5.41) is 1.26. The van der Waals surface area contributed by atoms with Gasteiger partial charge in [0.15, 0.2) is 0 Å². The molecule has 2 heterocycles. The topological polar surface area (TPSA) is 17.3 Å². The van der Waals surface area contributed by atoms with Crippen LogP contribution in [0.4, 0.5) is 0 Å². The molecule has 2 rings (SSSR count). The minimum Gasteiger partial charge on any atom is -0.293 e. The summed E-state index contributed by atoms with van der Waals surface area (Å²) in [6, 6.07) is 6.29. The molecule has 2 aromatic rings. The predicted molar refractivity (Wildman–Crippen MR) is 61.1 cm³/mol. The second-order valence-corrected chi connectivity index (χ2v) is 4.42. The smallest absolute Gasteiger partial charge is 0.137 e. The molecular weight excluding hydrogens is 192 g/mol. The van der Waals surface area contributed by atoms with E-state index < -0.39 is 0 Å². The third-order valence-corrected chi connectivity index (χ3v) is 3.07. The lowest BCUT2D eigenvalue weighted by Gasteiger charge is -2.10. The van der Waals surface area contributed by atoms with Crippen LogP contribution in [0.15, 0.2) is 29.4 Å². The fourth-order valence-corrected chi connectivity index (χ4v) is 2.23. The van der Waals surface area contributed by atoms with E-state index >= 15 is 0 Å². The van der Waals surface area contributed by atoms with Crippen molar-refractivity contribution < 1.29 is 0 Å². The number of fused-ring (bicyclic) bond motifs is 1. The summed E-state index contributed by atoms with van der Waals surface area (Å²) in [6.07, 6.45) is 3.98. The summed E-state index contributed by atoms with van der Waals surface area (Å²) in [6.45, 7) is 4.41. The van der Waals surface area contributed by atoms with Crippen LogP contribution in [-0.2, 0) is 0 Å². The second kappa shape index (κ2) is 3.65. The quantitative estimate of drug-likeness (QED) is 0.702. The summed E-state index contributed by atoms with van der Waals surface area (Å²) in [4.78, 5) is 4.34. The molecule has 0 aliphatic carbocycles. The molecule has 0 unspecified atom stereocenters. The first kappa shape index (κ1) is 9.59. The zero-order valence-corrected chi connectivity index (χ0v) is 9.51. The Morgan fingerprint density at radius 1 is 1.29 bits per heavy atom. The maximum absolute atomic E-state index is 4.34. The third kappa shape index (κ3) is 1.42. The Morgan fingerprint density at radius 3 is 2.71 bits per heavy atom. The Labute approximate surface area is 88.4 Å². The van der Waals surface area contributed by atoms with E-state index in [0.29, 0.717) is 5.92 Å². The monoisotopic (exact) mass is 206 g/mol. The molecule has 0 radical (unpaired) electrons. The molecule has 0 aromatic carbocycles. The SMILES string of the molecule is CSc1ccc2nccc(C(C)C)n12. The largest absolute Gasteiger partial charge is 0.293 e. The number of thioether (sulfide) groups is 1. The van der Waals surface area contributed by atoms with Crippen molar-refractivity contribution in [1.29, 1.82) is 0 Å². The van der Waals surface area contributed by atoms with Crippen LogP contribution in [0.25, 0.3) is 5.65 Å². The molecule has 0 amide bonds. The van der Waals surface area contributed by atoms with Gasteiger partial charge in [-0.3, -0.25) is 4.40 Å². The van der Waals surface area contributed by atoms with Crippen LogP contribution in [0.1, 0.15) is 25.5 Å². The van der Waals surface area contributed by atoms with Gasteiger partial charge in [0.25, 0.3) is 0 Å². The molecule has 0 aliphatic heterocycles. The summed E-state index contributed by atoms with van der Waals surface area (Å²) < 4.78 is 2.23. The lowest BCUT2D eigenvalue weighted by Crippen LogP contribution is -2.00. The molecule has 2 nitrogen and oxygen atoms in total. The summed E-state index contributed by atoms with van der Waals surface area (Å²) in [7, 11) is 0. The molecule has 0 bridgehead atoms. The minimum absolute atomic E-state index is 0.527. The first-order chi connectivity index (χ1) is 6.74. The summed E-state index contributed by atoms with van der Waals surface area (Å²) in [5.74, 6) is 0.527. The molecule has 0 atom stereocenters.